The van der Waals surface area contributed by atoms with Crippen LogP contribution in [-0.2, 0) is 4.74 Å². The lowest BCUT2D eigenvalue weighted by molar-refractivity contribution is 0.0635. The van der Waals surface area contributed by atoms with Crippen LogP contribution in [0.5, 0.6) is 0 Å². The first-order valence-electron chi connectivity index (χ1n) is 7.43. The predicted molar refractivity (Wildman–Crippen MR) is 88.2 cm³/mol. The van der Waals surface area contributed by atoms with E-state index < -0.39 is 17.5 Å². The summed E-state index contributed by atoms with van der Waals surface area (Å²) in [6, 6.07) is 10.8. The number of aromatic nitrogens is 3. The van der Waals surface area contributed by atoms with Crippen molar-refractivity contribution in [1.82, 2.24) is 14.6 Å². The monoisotopic (exact) mass is 328 g/mol. The van der Waals surface area contributed by atoms with Crippen molar-refractivity contribution in [3.05, 3.63) is 48.4 Å². The van der Waals surface area contributed by atoms with E-state index in [4.69, 9.17) is 4.74 Å². The first-order chi connectivity index (χ1) is 11.3. The molecular weight excluding hydrogens is 311 g/mol. The third-order valence-electron chi connectivity index (χ3n) is 3.09. The quantitative estimate of drug-likeness (QED) is 0.775. The Morgan fingerprint density at radius 2 is 1.96 bits per heavy atom. The van der Waals surface area contributed by atoms with Gasteiger partial charge in [0.25, 0.3) is 0 Å². The lowest BCUT2D eigenvalue weighted by Crippen LogP contribution is -2.27. The molecule has 6 nitrogen and oxygen atoms in total. The summed E-state index contributed by atoms with van der Waals surface area (Å²) in [6.45, 7) is 5.20. The molecule has 3 rings (SSSR count). The summed E-state index contributed by atoms with van der Waals surface area (Å²) in [5.74, 6) is -0.151. The number of carbonyl (C=O) groups is 1. The molecule has 0 saturated carbocycles. The molecule has 0 saturated heterocycles. The zero-order valence-corrected chi connectivity index (χ0v) is 13.6. The number of ether oxygens (including phenoxy) is 1. The molecular formula is C17H17FN4O2. The van der Waals surface area contributed by atoms with Gasteiger partial charge in [-0.15, -0.1) is 5.10 Å². The van der Waals surface area contributed by atoms with Gasteiger partial charge in [-0.05, 0) is 20.8 Å². The Hall–Kier alpha value is -2.96. The fourth-order valence-corrected chi connectivity index (χ4v) is 2.12. The minimum atomic E-state index is -0.728. The van der Waals surface area contributed by atoms with Crippen molar-refractivity contribution >= 4 is 17.4 Å². The summed E-state index contributed by atoms with van der Waals surface area (Å²) in [4.78, 5) is 16.2. The molecule has 24 heavy (non-hydrogen) atoms. The summed E-state index contributed by atoms with van der Waals surface area (Å²) in [5, 5.41) is 6.64. The highest BCUT2D eigenvalue weighted by Crippen LogP contribution is 2.21. The van der Waals surface area contributed by atoms with E-state index in [9.17, 15) is 9.18 Å². The Morgan fingerprint density at radius 3 is 2.62 bits per heavy atom. The highest BCUT2D eigenvalue weighted by molar-refractivity contribution is 5.85. The maximum Gasteiger partial charge on any atom is 0.412 e. The molecule has 7 heteroatoms. The molecule has 0 aliphatic carbocycles. The summed E-state index contributed by atoms with van der Waals surface area (Å²) in [5.41, 5.74) is 0.563. The molecule has 124 valence electrons. The zero-order chi connectivity index (χ0) is 17.3. The molecule has 0 aliphatic rings. The van der Waals surface area contributed by atoms with Gasteiger partial charge in [-0.3, -0.25) is 5.32 Å². The standard InChI is InChI=1S/C17H17FN4O2/c1-17(2,3)24-16(23)19-13-9-14-20-15(11-7-5-4-6-8-11)21-22(14)10-12(13)18/h4-10H,1-3H3,(H,19,23). The third-order valence-corrected chi connectivity index (χ3v) is 3.09. The first kappa shape index (κ1) is 15.9. The summed E-state index contributed by atoms with van der Waals surface area (Å²) < 4.78 is 20.6. The average molecular weight is 328 g/mol. The lowest BCUT2D eigenvalue weighted by atomic mass is 10.2. The molecule has 0 bridgehead atoms. The maximum atomic E-state index is 14.2. The third kappa shape index (κ3) is 3.51. The number of nitrogens with one attached hydrogen (secondary N) is 1. The van der Waals surface area contributed by atoms with E-state index in [-0.39, 0.29) is 5.69 Å². The van der Waals surface area contributed by atoms with Crippen molar-refractivity contribution in [3.8, 4) is 11.4 Å². The SMILES string of the molecule is CC(C)(C)OC(=O)Nc1cc2nc(-c3ccccc3)nn2cc1F. The van der Waals surface area contributed by atoms with E-state index in [1.54, 1.807) is 20.8 Å². The molecule has 0 radical (unpaired) electrons. The van der Waals surface area contributed by atoms with Crippen molar-refractivity contribution in [2.45, 2.75) is 26.4 Å². The Balaban J connectivity index is 1.91. The molecule has 0 fully saturated rings. The van der Waals surface area contributed by atoms with Crippen LogP contribution in [0.2, 0.25) is 0 Å². The van der Waals surface area contributed by atoms with Crippen molar-refractivity contribution < 1.29 is 13.9 Å². The van der Waals surface area contributed by atoms with Crippen LogP contribution in [0.1, 0.15) is 20.8 Å². The molecule has 2 aromatic heterocycles. The van der Waals surface area contributed by atoms with Gasteiger partial charge in [-0.25, -0.2) is 18.7 Å². The van der Waals surface area contributed by atoms with Crippen LogP contribution in [0.25, 0.3) is 17.0 Å². The van der Waals surface area contributed by atoms with Crippen molar-refractivity contribution in [1.29, 1.82) is 0 Å². The van der Waals surface area contributed by atoms with Crippen molar-refractivity contribution in [2.75, 3.05) is 5.32 Å². The topological polar surface area (TPSA) is 68.5 Å². The van der Waals surface area contributed by atoms with Crippen LogP contribution in [0.15, 0.2) is 42.6 Å². The first-order valence-corrected chi connectivity index (χ1v) is 7.43. The van der Waals surface area contributed by atoms with Gasteiger partial charge in [-0.2, -0.15) is 0 Å². The summed E-state index contributed by atoms with van der Waals surface area (Å²) in [7, 11) is 0. The molecule has 0 spiro atoms. The smallest absolute Gasteiger partial charge is 0.412 e. The van der Waals surface area contributed by atoms with Crippen molar-refractivity contribution in [3.63, 3.8) is 0 Å². The normalized spacial score (nSPS) is 11.5. The molecule has 3 aromatic rings. The van der Waals surface area contributed by atoms with E-state index in [1.165, 1.54) is 16.8 Å². The average Bonchev–Trinajstić information content (AvgIpc) is 2.89. The number of halogens is 1. The second kappa shape index (κ2) is 5.92. The fraction of sp³-hybridized carbons (Fsp3) is 0.235. The largest absolute Gasteiger partial charge is 0.444 e. The van der Waals surface area contributed by atoms with E-state index in [2.05, 4.69) is 15.4 Å². The van der Waals surface area contributed by atoms with Crippen molar-refractivity contribution in [2.24, 2.45) is 0 Å². The van der Waals surface area contributed by atoms with Crippen LogP contribution in [0.3, 0.4) is 0 Å². The van der Waals surface area contributed by atoms with Gasteiger partial charge in [0.15, 0.2) is 17.3 Å². The van der Waals surface area contributed by atoms with Crippen LogP contribution in [0.4, 0.5) is 14.9 Å². The zero-order valence-electron chi connectivity index (χ0n) is 13.6. The van der Waals surface area contributed by atoms with E-state index in [0.29, 0.717) is 11.5 Å². The van der Waals surface area contributed by atoms with Crippen LogP contribution >= 0.6 is 0 Å². The van der Waals surface area contributed by atoms with Crippen LogP contribution < -0.4 is 5.32 Å². The Morgan fingerprint density at radius 1 is 1.25 bits per heavy atom. The molecule has 0 atom stereocenters. The minimum Gasteiger partial charge on any atom is -0.444 e. The number of anilines is 1. The number of hydrogen-bond donors (Lipinski definition) is 1. The van der Waals surface area contributed by atoms with Gasteiger partial charge in [0.2, 0.25) is 0 Å². The number of rotatable bonds is 2. The van der Waals surface area contributed by atoms with Gasteiger partial charge in [0.1, 0.15) is 5.60 Å². The van der Waals surface area contributed by atoms with Crippen LogP contribution in [-0.4, -0.2) is 26.3 Å². The van der Waals surface area contributed by atoms with E-state index >= 15 is 0 Å². The maximum absolute atomic E-state index is 14.2. The molecule has 2 heterocycles. The number of pyridine rings is 1. The van der Waals surface area contributed by atoms with Gasteiger partial charge >= 0.3 is 6.09 Å². The second-order valence-electron chi connectivity index (χ2n) is 6.27. The van der Waals surface area contributed by atoms with Crippen LogP contribution in [0, 0.1) is 5.82 Å². The van der Waals surface area contributed by atoms with Gasteiger partial charge < -0.3 is 4.74 Å². The van der Waals surface area contributed by atoms with E-state index in [1.807, 2.05) is 30.3 Å². The summed E-state index contributed by atoms with van der Waals surface area (Å²) in [6.07, 6.45) is 0.440. The number of benzene rings is 1. The number of amides is 1. The summed E-state index contributed by atoms with van der Waals surface area (Å²) >= 11 is 0. The second-order valence-corrected chi connectivity index (χ2v) is 6.27. The highest BCUT2D eigenvalue weighted by atomic mass is 19.1. The molecule has 0 unspecified atom stereocenters. The number of nitrogens with zero attached hydrogens (tertiary/aromatic N) is 3. The molecule has 1 N–H and O–H groups in total. The van der Waals surface area contributed by atoms with Gasteiger partial charge in [0.05, 0.1) is 11.9 Å². The number of fused-ring (bicyclic) bond motifs is 1. The Labute approximate surface area is 138 Å². The van der Waals surface area contributed by atoms with E-state index in [0.717, 1.165) is 5.56 Å². The Kier molecular flexibility index (Phi) is 3.92. The van der Waals surface area contributed by atoms with Gasteiger partial charge in [-0.1, -0.05) is 30.3 Å². The molecule has 1 amide bonds. The van der Waals surface area contributed by atoms with Gasteiger partial charge in [0, 0.05) is 11.6 Å². The number of hydrogen-bond acceptors (Lipinski definition) is 4. The minimum absolute atomic E-state index is 0.0104. The fourth-order valence-electron chi connectivity index (χ4n) is 2.12. The molecule has 1 aromatic carbocycles. The highest BCUT2D eigenvalue weighted by Gasteiger charge is 2.18. The predicted octanol–water partition coefficient (Wildman–Crippen LogP) is 3.88. The molecule has 0 aliphatic heterocycles. The number of carbonyl (C=O) groups excluding carboxylic acids is 1. The lowest BCUT2D eigenvalue weighted by Gasteiger charge is -2.19. The Bertz CT molecular complexity index is 885.